The van der Waals surface area contributed by atoms with E-state index in [1.165, 1.54) is 0 Å². The summed E-state index contributed by atoms with van der Waals surface area (Å²) < 4.78 is 5.18. The van der Waals surface area contributed by atoms with Gasteiger partial charge in [0.15, 0.2) is 0 Å². The minimum Gasteiger partial charge on any atom is -0.497 e. The lowest BCUT2D eigenvalue weighted by Gasteiger charge is -2.30. The third-order valence-electron chi connectivity index (χ3n) is 4.29. The van der Waals surface area contributed by atoms with Gasteiger partial charge in [-0.3, -0.25) is 10.1 Å². The van der Waals surface area contributed by atoms with Gasteiger partial charge < -0.3 is 9.53 Å². The number of carbonyl (C=O) groups excluding carboxylic acids is 1. The molecule has 108 valence electrons. The van der Waals surface area contributed by atoms with Crippen LogP contribution in [0, 0.1) is 15.5 Å². The number of methoxy groups -OCH3 is 1. The van der Waals surface area contributed by atoms with Crippen molar-refractivity contribution >= 4 is 6.29 Å². The zero-order chi connectivity index (χ0) is 14.6. The van der Waals surface area contributed by atoms with E-state index < -0.39 is 5.41 Å². The minimum absolute atomic E-state index is 0.216. The molecule has 0 spiro atoms. The van der Waals surface area contributed by atoms with E-state index in [4.69, 9.17) is 4.74 Å². The molecule has 0 N–H and O–H groups in total. The van der Waals surface area contributed by atoms with E-state index in [2.05, 4.69) is 0 Å². The molecule has 0 aromatic heterocycles. The summed E-state index contributed by atoms with van der Waals surface area (Å²) in [6, 6.07) is 7.27. The number of nitrogens with zero attached hydrogens (tertiary/aromatic N) is 1. The first-order valence-corrected chi connectivity index (χ1v) is 6.83. The van der Waals surface area contributed by atoms with Crippen LogP contribution in [0.2, 0.25) is 0 Å². The normalized spacial score (nSPS) is 18.4. The molecule has 0 amide bonds. The van der Waals surface area contributed by atoms with Crippen molar-refractivity contribution in [3.05, 3.63) is 39.9 Å². The lowest BCUT2D eigenvalue weighted by atomic mass is 9.71. The molecule has 1 aliphatic carbocycles. The maximum Gasteiger partial charge on any atom is 0.211 e. The van der Waals surface area contributed by atoms with Crippen molar-refractivity contribution in [3.63, 3.8) is 0 Å². The quantitative estimate of drug-likeness (QED) is 0.455. The fraction of sp³-hybridized carbons (Fsp3) is 0.533. The largest absolute Gasteiger partial charge is 0.497 e. The minimum atomic E-state index is -0.598. The average Bonchev–Trinajstić information content (AvgIpc) is 2.94. The third kappa shape index (κ3) is 2.81. The van der Waals surface area contributed by atoms with Crippen molar-refractivity contribution in [1.82, 2.24) is 0 Å². The first-order chi connectivity index (χ1) is 9.61. The number of carbonyl (C=O) groups is 1. The molecular weight excluding hydrogens is 258 g/mol. The zero-order valence-corrected chi connectivity index (χ0v) is 11.6. The molecule has 1 atom stereocenters. The maximum atomic E-state index is 11.6. The van der Waals surface area contributed by atoms with Gasteiger partial charge in [-0.05, 0) is 30.5 Å². The standard InChI is InChI=1S/C15H19NO4/c1-20-13-6-4-5-12(9-13)14(10-16(18)19)15(11-17)7-2-3-8-15/h4-6,9,11,14H,2-3,7-8,10H2,1H3/t14-/m1/s1. The van der Waals surface area contributed by atoms with Crippen LogP contribution in [-0.2, 0) is 4.79 Å². The van der Waals surface area contributed by atoms with E-state index >= 15 is 0 Å². The second kappa shape index (κ2) is 6.03. The van der Waals surface area contributed by atoms with Gasteiger partial charge in [-0.25, -0.2) is 0 Å². The second-order valence-corrected chi connectivity index (χ2v) is 5.40. The summed E-state index contributed by atoms with van der Waals surface area (Å²) in [5.41, 5.74) is 0.217. The van der Waals surface area contributed by atoms with Crippen LogP contribution in [-0.4, -0.2) is 24.9 Å². The summed E-state index contributed by atoms with van der Waals surface area (Å²) >= 11 is 0. The third-order valence-corrected chi connectivity index (χ3v) is 4.29. The highest BCUT2D eigenvalue weighted by molar-refractivity contribution is 5.62. The van der Waals surface area contributed by atoms with Crippen LogP contribution in [0.3, 0.4) is 0 Å². The van der Waals surface area contributed by atoms with Crippen molar-refractivity contribution in [2.24, 2.45) is 5.41 Å². The summed E-state index contributed by atoms with van der Waals surface area (Å²) in [7, 11) is 1.56. The molecule has 0 bridgehead atoms. The van der Waals surface area contributed by atoms with Crippen LogP contribution in [0.25, 0.3) is 0 Å². The van der Waals surface area contributed by atoms with Crippen molar-refractivity contribution in [2.75, 3.05) is 13.7 Å². The van der Waals surface area contributed by atoms with Gasteiger partial charge in [-0.2, -0.15) is 0 Å². The van der Waals surface area contributed by atoms with Crippen LogP contribution in [0.1, 0.15) is 37.2 Å². The molecule has 0 aliphatic heterocycles. The zero-order valence-electron chi connectivity index (χ0n) is 11.6. The fourth-order valence-electron chi connectivity index (χ4n) is 3.21. The number of hydrogen-bond acceptors (Lipinski definition) is 4. The number of rotatable bonds is 6. The number of hydrogen-bond donors (Lipinski definition) is 0. The van der Waals surface area contributed by atoms with Gasteiger partial charge in [0.25, 0.3) is 0 Å². The van der Waals surface area contributed by atoms with Gasteiger partial charge in [0.2, 0.25) is 6.54 Å². The van der Waals surface area contributed by atoms with Gasteiger partial charge in [0.05, 0.1) is 13.0 Å². The molecular formula is C15H19NO4. The van der Waals surface area contributed by atoms with E-state index in [-0.39, 0.29) is 17.4 Å². The highest BCUT2D eigenvalue weighted by atomic mass is 16.6. The van der Waals surface area contributed by atoms with Crippen molar-refractivity contribution < 1.29 is 14.5 Å². The Morgan fingerprint density at radius 1 is 1.45 bits per heavy atom. The Morgan fingerprint density at radius 3 is 2.70 bits per heavy atom. The van der Waals surface area contributed by atoms with E-state index in [0.29, 0.717) is 5.75 Å². The van der Waals surface area contributed by atoms with Crippen LogP contribution in [0.5, 0.6) is 5.75 Å². The predicted molar refractivity (Wildman–Crippen MR) is 74.6 cm³/mol. The van der Waals surface area contributed by atoms with Crippen LogP contribution < -0.4 is 4.74 Å². The highest BCUT2D eigenvalue weighted by Gasteiger charge is 2.44. The topological polar surface area (TPSA) is 69.4 Å². The summed E-state index contributed by atoms with van der Waals surface area (Å²) in [4.78, 5) is 22.3. The molecule has 0 unspecified atom stereocenters. The van der Waals surface area contributed by atoms with Gasteiger partial charge in [-0.1, -0.05) is 25.0 Å². The summed E-state index contributed by atoms with van der Waals surface area (Å²) in [6.45, 7) is -0.216. The number of aldehydes is 1. The molecule has 1 aromatic carbocycles. The molecule has 5 heteroatoms. The van der Waals surface area contributed by atoms with Gasteiger partial charge in [0, 0.05) is 10.3 Å². The van der Waals surface area contributed by atoms with E-state index in [0.717, 1.165) is 37.5 Å². The predicted octanol–water partition coefficient (Wildman–Crippen LogP) is 2.81. The molecule has 1 aromatic rings. The van der Waals surface area contributed by atoms with Crippen LogP contribution >= 0.6 is 0 Å². The van der Waals surface area contributed by atoms with E-state index in [1.807, 2.05) is 12.1 Å². The Kier molecular flexibility index (Phi) is 4.37. The SMILES string of the molecule is COc1cccc([C@@H](C[N+](=O)[O-])C2(C=O)CCCC2)c1. The Labute approximate surface area is 118 Å². The van der Waals surface area contributed by atoms with E-state index in [1.54, 1.807) is 19.2 Å². The lowest BCUT2D eigenvalue weighted by Crippen LogP contribution is -2.32. The van der Waals surface area contributed by atoms with Gasteiger partial charge in [0.1, 0.15) is 12.0 Å². The molecule has 1 saturated carbocycles. The molecule has 1 fully saturated rings. The number of ether oxygens (including phenoxy) is 1. The van der Waals surface area contributed by atoms with Gasteiger partial charge >= 0.3 is 0 Å². The second-order valence-electron chi connectivity index (χ2n) is 5.40. The van der Waals surface area contributed by atoms with Crippen molar-refractivity contribution in [1.29, 1.82) is 0 Å². The maximum absolute atomic E-state index is 11.6. The summed E-state index contributed by atoms with van der Waals surface area (Å²) in [5.74, 6) is 0.280. The molecule has 5 nitrogen and oxygen atoms in total. The first-order valence-electron chi connectivity index (χ1n) is 6.83. The molecule has 2 rings (SSSR count). The Hall–Kier alpha value is -1.91. The van der Waals surface area contributed by atoms with Crippen molar-refractivity contribution in [2.45, 2.75) is 31.6 Å². The molecule has 0 saturated heterocycles. The molecule has 20 heavy (non-hydrogen) atoms. The fourth-order valence-corrected chi connectivity index (χ4v) is 3.21. The van der Waals surface area contributed by atoms with Crippen LogP contribution in [0.15, 0.2) is 24.3 Å². The van der Waals surface area contributed by atoms with Crippen molar-refractivity contribution in [3.8, 4) is 5.75 Å². The Balaban J connectivity index is 2.40. The average molecular weight is 277 g/mol. The Morgan fingerprint density at radius 2 is 2.15 bits per heavy atom. The molecule has 0 radical (unpaired) electrons. The molecule has 0 heterocycles. The van der Waals surface area contributed by atoms with Gasteiger partial charge in [-0.15, -0.1) is 0 Å². The number of nitro groups is 1. The summed E-state index contributed by atoms with van der Waals surface area (Å²) in [5, 5.41) is 11.0. The van der Waals surface area contributed by atoms with E-state index in [9.17, 15) is 14.9 Å². The molecule has 1 aliphatic rings. The smallest absolute Gasteiger partial charge is 0.211 e. The highest BCUT2D eigenvalue weighted by Crippen LogP contribution is 2.47. The summed E-state index contributed by atoms with van der Waals surface area (Å²) in [6.07, 6.45) is 4.31. The Bertz CT molecular complexity index is 494. The number of benzene rings is 1. The monoisotopic (exact) mass is 277 g/mol. The van der Waals surface area contributed by atoms with Crippen LogP contribution in [0.4, 0.5) is 0 Å². The first kappa shape index (κ1) is 14.5. The lowest BCUT2D eigenvalue weighted by molar-refractivity contribution is -0.485.